The van der Waals surface area contributed by atoms with Crippen molar-refractivity contribution in [2.24, 2.45) is 0 Å². The number of morpholine rings is 1. The maximum atomic E-state index is 13.1. The molecule has 0 aromatic heterocycles. The first-order valence-electron chi connectivity index (χ1n) is 7.35. The Morgan fingerprint density at radius 1 is 1.29 bits per heavy atom. The molecule has 2 aromatic rings. The zero-order valence-electron chi connectivity index (χ0n) is 12.4. The first-order chi connectivity index (χ1) is 11.3. The van der Waals surface area contributed by atoms with E-state index < -0.39 is 15.2 Å². The van der Waals surface area contributed by atoms with Crippen molar-refractivity contribution in [3.05, 3.63) is 34.9 Å². The third-order valence-electron chi connectivity index (χ3n) is 4.31. The molecule has 0 unspecified atom stereocenters. The fourth-order valence-electron chi connectivity index (χ4n) is 3.18. The van der Waals surface area contributed by atoms with Gasteiger partial charge in [0.2, 0.25) is 15.2 Å². The van der Waals surface area contributed by atoms with E-state index in [1.54, 1.807) is 18.2 Å². The highest BCUT2D eigenvalue weighted by Crippen LogP contribution is 2.48. The Morgan fingerprint density at radius 3 is 2.71 bits per heavy atom. The summed E-state index contributed by atoms with van der Waals surface area (Å²) >= 11 is 12.4. The number of anilines is 1. The lowest BCUT2D eigenvalue weighted by Gasteiger charge is -2.26. The van der Waals surface area contributed by atoms with E-state index >= 15 is 0 Å². The van der Waals surface area contributed by atoms with Crippen LogP contribution in [0.1, 0.15) is 5.56 Å². The van der Waals surface area contributed by atoms with Crippen LogP contribution in [0.3, 0.4) is 0 Å². The second kappa shape index (κ2) is 5.45. The monoisotopic (exact) mass is 388 g/mol. The molecule has 2 aliphatic heterocycles. The van der Waals surface area contributed by atoms with Gasteiger partial charge in [-0.05, 0) is 6.07 Å². The SMILES string of the molecule is O=S(=O)(c1cc(Cl)c2c3c(cccc13)[C@@](O)(Cl)N2)N1CCOCC1. The Hall–Kier alpha value is -1.09. The zero-order valence-corrected chi connectivity index (χ0v) is 14.7. The third-order valence-corrected chi connectivity index (χ3v) is 6.85. The van der Waals surface area contributed by atoms with Gasteiger partial charge in [0.1, 0.15) is 0 Å². The molecule has 1 fully saturated rings. The predicted molar refractivity (Wildman–Crippen MR) is 91.9 cm³/mol. The molecule has 1 atom stereocenters. The highest BCUT2D eigenvalue weighted by Gasteiger charge is 2.39. The number of alkyl halides is 1. The summed E-state index contributed by atoms with van der Waals surface area (Å²) in [5, 5.41) is 12.4. The van der Waals surface area contributed by atoms with E-state index in [9.17, 15) is 13.5 Å². The lowest BCUT2D eigenvalue weighted by atomic mass is 10.1. The number of hydrogen-bond acceptors (Lipinski definition) is 5. The summed E-state index contributed by atoms with van der Waals surface area (Å²) in [7, 11) is -3.74. The number of ether oxygens (including phenoxy) is 1. The van der Waals surface area contributed by atoms with E-state index in [0.717, 1.165) is 0 Å². The lowest BCUT2D eigenvalue weighted by Crippen LogP contribution is -2.40. The van der Waals surface area contributed by atoms with Gasteiger partial charge in [-0.3, -0.25) is 0 Å². The molecule has 0 bridgehead atoms. The Labute approximate surface area is 149 Å². The standard InChI is InChI=1S/C15H14Cl2N2O4S/c16-11-8-12(24(21,22)19-4-6-23-7-5-19)9-2-1-3-10-13(9)14(11)18-15(10,17)20/h1-3,8,18,20H,4-7H2/t15-/m1/s1. The molecule has 0 spiro atoms. The molecule has 0 radical (unpaired) electrons. The highest BCUT2D eigenvalue weighted by atomic mass is 35.5. The van der Waals surface area contributed by atoms with Gasteiger partial charge in [-0.2, -0.15) is 4.31 Å². The second-order valence-corrected chi connectivity index (χ2v) is 8.58. The Bertz CT molecular complexity index is 940. The molecule has 9 heteroatoms. The number of nitrogens with one attached hydrogen (secondary N) is 1. The molecule has 6 nitrogen and oxygen atoms in total. The summed E-state index contributed by atoms with van der Waals surface area (Å²) in [6.45, 7) is 1.30. The lowest BCUT2D eigenvalue weighted by molar-refractivity contribution is 0.0730. The molecule has 2 aromatic carbocycles. The maximum Gasteiger partial charge on any atom is 0.243 e. The molecule has 1 saturated heterocycles. The van der Waals surface area contributed by atoms with Crippen LogP contribution >= 0.6 is 23.2 Å². The van der Waals surface area contributed by atoms with Crippen molar-refractivity contribution < 1.29 is 18.3 Å². The molecule has 24 heavy (non-hydrogen) atoms. The second-order valence-electron chi connectivity index (χ2n) is 5.72. The van der Waals surface area contributed by atoms with Crippen LogP contribution in [0.4, 0.5) is 5.69 Å². The maximum absolute atomic E-state index is 13.1. The van der Waals surface area contributed by atoms with E-state index in [0.29, 0.717) is 48.3 Å². The van der Waals surface area contributed by atoms with Crippen LogP contribution in [0, 0.1) is 0 Å². The van der Waals surface area contributed by atoms with Crippen LogP contribution in [0.2, 0.25) is 5.02 Å². The van der Waals surface area contributed by atoms with Crippen molar-refractivity contribution >= 4 is 49.7 Å². The third kappa shape index (κ3) is 2.31. The van der Waals surface area contributed by atoms with Gasteiger partial charge in [-0.25, -0.2) is 8.42 Å². The van der Waals surface area contributed by atoms with Gasteiger partial charge < -0.3 is 15.2 Å². The zero-order chi connectivity index (χ0) is 17.1. The smallest absolute Gasteiger partial charge is 0.243 e. The minimum atomic E-state index is -3.74. The first-order valence-corrected chi connectivity index (χ1v) is 9.55. The Kier molecular flexibility index (Phi) is 3.72. The summed E-state index contributed by atoms with van der Waals surface area (Å²) in [4.78, 5) is 0.103. The van der Waals surface area contributed by atoms with Gasteiger partial charge >= 0.3 is 0 Å². The van der Waals surface area contributed by atoms with Gasteiger partial charge in [-0.1, -0.05) is 41.4 Å². The topological polar surface area (TPSA) is 78.9 Å². The fraction of sp³-hybridized carbons (Fsp3) is 0.333. The van der Waals surface area contributed by atoms with Crippen LogP contribution < -0.4 is 5.32 Å². The summed E-state index contributed by atoms with van der Waals surface area (Å²) in [6.07, 6.45) is 0. The van der Waals surface area contributed by atoms with Crippen molar-refractivity contribution in [2.75, 3.05) is 31.6 Å². The van der Waals surface area contributed by atoms with Crippen molar-refractivity contribution in [3.8, 4) is 0 Å². The number of benzene rings is 2. The van der Waals surface area contributed by atoms with E-state index in [-0.39, 0.29) is 9.92 Å². The number of halogens is 2. The van der Waals surface area contributed by atoms with Crippen LogP contribution in [-0.4, -0.2) is 44.1 Å². The average molecular weight is 389 g/mol. The minimum Gasteiger partial charge on any atom is -0.379 e. The molecule has 0 aliphatic carbocycles. The largest absolute Gasteiger partial charge is 0.379 e. The summed E-state index contributed by atoms with van der Waals surface area (Å²) in [5.41, 5.74) is 0.818. The van der Waals surface area contributed by atoms with E-state index in [1.165, 1.54) is 10.4 Å². The molecular formula is C15H14Cl2N2O4S. The van der Waals surface area contributed by atoms with Crippen LogP contribution in [0.15, 0.2) is 29.2 Å². The summed E-state index contributed by atoms with van der Waals surface area (Å²) in [6, 6.07) is 6.39. The number of nitrogens with zero attached hydrogens (tertiary/aromatic N) is 1. The molecule has 0 amide bonds. The number of sulfonamides is 1. The molecule has 2 heterocycles. The molecule has 2 aliphatic rings. The molecule has 2 N–H and O–H groups in total. The van der Waals surface area contributed by atoms with Gasteiger partial charge in [0.25, 0.3) is 0 Å². The normalized spacial score (nSPS) is 24.3. The van der Waals surface area contributed by atoms with Crippen LogP contribution in [0.5, 0.6) is 0 Å². The average Bonchev–Trinajstić information content (AvgIpc) is 2.85. The van der Waals surface area contributed by atoms with Gasteiger partial charge in [-0.15, -0.1) is 0 Å². The summed E-state index contributed by atoms with van der Waals surface area (Å²) in [5.74, 6) is 0. The van der Waals surface area contributed by atoms with E-state index in [4.69, 9.17) is 27.9 Å². The van der Waals surface area contributed by atoms with Crippen LogP contribution in [-0.2, 0) is 19.9 Å². The summed E-state index contributed by atoms with van der Waals surface area (Å²) < 4.78 is 32.7. The van der Waals surface area contributed by atoms with Crippen molar-refractivity contribution in [1.82, 2.24) is 4.31 Å². The number of hydrogen-bond donors (Lipinski definition) is 2. The number of rotatable bonds is 2. The first kappa shape index (κ1) is 16.4. The number of aliphatic hydroxyl groups is 1. The molecule has 4 rings (SSSR count). The highest BCUT2D eigenvalue weighted by molar-refractivity contribution is 7.89. The van der Waals surface area contributed by atoms with Crippen molar-refractivity contribution in [3.63, 3.8) is 0 Å². The predicted octanol–water partition coefficient (Wildman–Crippen LogP) is 2.28. The van der Waals surface area contributed by atoms with E-state index in [1.807, 2.05) is 0 Å². The van der Waals surface area contributed by atoms with Crippen molar-refractivity contribution in [2.45, 2.75) is 10.1 Å². The van der Waals surface area contributed by atoms with Gasteiger partial charge in [0.15, 0.2) is 0 Å². The quantitative estimate of drug-likeness (QED) is 0.609. The van der Waals surface area contributed by atoms with E-state index in [2.05, 4.69) is 5.32 Å². The molecular weight excluding hydrogens is 375 g/mol. The van der Waals surface area contributed by atoms with Crippen molar-refractivity contribution in [1.29, 1.82) is 0 Å². The molecule has 128 valence electrons. The fourth-order valence-corrected chi connectivity index (χ4v) is 5.37. The molecule has 0 saturated carbocycles. The Morgan fingerprint density at radius 2 is 2.00 bits per heavy atom. The van der Waals surface area contributed by atoms with Gasteiger partial charge in [0.05, 0.1) is 28.8 Å². The van der Waals surface area contributed by atoms with Crippen LogP contribution in [0.25, 0.3) is 10.8 Å². The Balaban J connectivity index is 1.99. The minimum absolute atomic E-state index is 0.103. The van der Waals surface area contributed by atoms with Gasteiger partial charge in [0, 0.05) is 29.4 Å².